The predicted molar refractivity (Wildman–Crippen MR) is 93.0 cm³/mol. The summed E-state index contributed by atoms with van der Waals surface area (Å²) in [6.45, 7) is 4.88. The van der Waals surface area contributed by atoms with E-state index in [2.05, 4.69) is 4.98 Å². The first-order valence-electron chi connectivity index (χ1n) is 8.04. The molecule has 3 atom stereocenters. The van der Waals surface area contributed by atoms with E-state index in [1.807, 2.05) is 24.3 Å². The van der Waals surface area contributed by atoms with Crippen LogP contribution in [-0.2, 0) is 20.7 Å². The molecular formula is C18H24N2O5. The lowest BCUT2D eigenvalue weighted by molar-refractivity contribution is -0.172. The number of nitrogens with two attached hydrogens (primary N) is 1. The number of aliphatic hydroxyl groups is 1. The smallest absolute Gasteiger partial charge is 0.323 e. The Labute approximate surface area is 145 Å². The number of hydrogen-bond donors (Lipinski definition) is 4. The highest BCUT2D eigenvalue weighted by molar-refractivity contribution is 5.95. The molecule has 25 heavy (non-hydrogen) atoms. The standard InChI is InChI=1S/C18H24N2O5/c1-18(2,3)25-17(24)14(16(22)23)15(21)12(19)8-10-9-20-13-7-5-4-6-11(10)13/h4-7,9,12,14-15,20-21H,8,19H2,1-3H3,(H,22,23)/t12-,14?,15+/m0/s1. The maximum absolute atomic E-state index is 12.1. The number of aliphatic carboxylic acids is 1. The molecule has 7 nitrogen and oxygen atoms in total. The number of carbonyl (C=O) groups excluding carboxylic acids is 1. The number of aromatic amines is 1. The summed E-state index contributed by atoms with van der Waals surface area (Å²) in [6, 6.07) is 6.64. The summed E-state index contributed by atoms with van der Waals surface area (Å²) in [5.41, 5.74) is 6.91. The van der Waals surface area contributed by atoms with E-state index >= 15 is 0 Å². The van der Waals surface area contributed by atoms with Gasteiger partial charge in [0.25, 0.3) is 0 Å². The van der Waals surface area contributed by atoms with Gasteiger partial charge in [-0.05, 0) is 38.8 Å². The number of rotatable bonds is 6. The number of aromatic nitrogens is 1. The Morgan fingerprint density at radius 2 is 1.92 bits per heavy atom. The lowest BCUT2D eigenvalue weighted by atomic mass is 9.92. The zero-order valence-corrected chi connectivity index (χ0v) is 14.5. The SMILES string of the molecule is CC(C)(C)OC(=O)C(C(=O)O)[C@H](O)[C@@H](N)Cc1c[nH]c2ccccc12. The first-order valence-corrected chi connectivity index (χ1v) is 8.04. The van der Waals surface area contributed by atoms with Gasteiger partial charge in [0, 0.05) is 23.1 Å². The highest BCUT2D eigenvalue weighted by atomic mass is 16.6. The quantitative estimate of drug-likeness (QED) is 0.462. The molecule has 2 rings (SSSR count). The van der Waals surface area contributed by atoms with Crippen molar-refractivity contribution in [3.63, 3.8) is 0 Å². The Morgan fingerprint density at radius 3 is 2.52 bits per heavy atom. The van der Waals surface area contributed by atoms with Crippen LogP contribution < -0.4 is 5.73 Å². The van der Waals surface area contributed by atoms with Crippen LogP contribution in [0.2, 0.25) is 0 Å². The lowest BCUT2D eigenvalue weighted by Gasteiger charge is -2.27. The molecule has 0 saturated heterocycles. The molecular weight excluding hydrogens is 324 g/mol. The van der Waals surface area contributed by atoms with Gasteiger partial charge in [-0.15, -0.1) is 0 Å². The van der Waals surface area contributed by atoms with Crippen molar-refractivity contribution in [3.8, 4) is 0 Å². The van der Waals surface area contributed by atoms with Crippen molar-refractivity contribution < 1.29 is 24.5 Å². The number of carboxylic acids is 1. The molecule has 0 spiro atoms. The summed E-state index contributed by atoms with van der Waals surface area (Å²) in [6.07, 6.45) is 0.416. The highest BCUT2D eigenvalue weighted by Crippen LogP contribution is 2.22. The van der Waals surface area contributed by atoms with E-state index in [-0.39, 0.29) is 6.42 Å². The average molecular weight is 348 g/mol. The van der Waals surface area contributed by atoms with E-state index in [0.29, 0.717) is 0 Å². The minimum atomic E-state index is -1.74. The minimum absolute atomic E-state index is 0.220. The number of carboxylic acid groups (broad SMARTS) is 1. The zero-order valence-electron chi connectivity index (χ0n) is 14.5. The van der Waals surface area contributed by atoms with Crippen LogP contribution >= 0.6 is 0 Å². The van der Waals surface area contributed by atoms with Gasteiger partial charge in [0.05, 0.1) is 6.10 Å². The van der Waals surface area contributed by atoms with Crippen LogP contribution in [0.4, 0.5) is 0 Å². The predicted octanol–water partition coefficient (Wildman–Crippen LogP) is 1.44. The number of fused-ring (bicyclic) bond motifs is 1. The fourth-order valence-corrected chi connectivity index (χ4v) is 2.67. The number of hydrogen-bond acceptors (Lipinski definition) is 5. The third-order valence-corrected chi connectivity index (χ3v) is 3.84. The van der Waals surface area contributed by atoms with Crippen LogP contribution in [0.1, 0.15) is 26.3 Å². The third kappa shape index (κ3) is 4.58. The number of benzene rings is 1. The van der Waals surface area contributed by atoms with Crippen LogP contribution in [0.25, 0.3) is 10.9 Å². The van der Waals surface area contributed by atoms with Gasteiger partial charge in [0.15, 0.2) is 5.92 Å². The van der Waals surface area contributed by atoms with Gasteiger partial charge in [0.2, 0.25) is 0 Å². The summed E-state index contributed by atoms with van der Waals surface area (Å²) >= 11 is 0. The average Bonchev–Trinajstić information content (AvgIpc) is 2.88. The molecule has 0 fully saturated rings. The number of aliphatic hydroxyl groups excluding tert-OH is 1. The Bertz CT molecular complexity index is 762. The van der Waals surface area contributed by atoms with Gasteiger partial charge in [-0.1, -0.05) is 18.2 Å². The summed E-state index contributed by atoms with van der Waals surface area (Å²) in [5, 5.41) is 20.6. The van der Waals surface area contributed by atoms with E-state index in [9.17, 15) is 19.8 Å². The number of ether oxygens (including phenoxy) is 1. The monoisotopic (exact) mass is 348 g/mol. The fraction of sp³-hybridized carbons (Fsp3) is 0.444. The van der Waals surface area contributed by atoms with Gasteiger partial charge in [-0.3, -0.25) is 9.59 Å². The first kappa shape index (κ1) is 19.0. The number of carbonyl (C=O) groups is 2. The maximum Gasteiger partial charge on any atom is 0.323 e. The molecule has 0 aliphatic rings. The van der Waals surface area contributed by atoms with Crippen molar-refractivity contribution in [2.75, 3.05) is 0 Å². The Hall–Kier alpha value is -2.38. The van der Waals surface area contributed by atoms with Crippen LogP contribution in [-0.4, -0.2) is 44.9 Å². The van der Waals surface area contributed by atoms with Gasteiger partial charge in [-0.25, -0.2) is 0 Å². The van der Waals surface area contributed by atoms with Crippen LogP contribution in [0.5, 0.6) is 0 Å². The number of para-hydroxylation sites is 1. The molecule has 0 aliphatic carbocycles. The number of nitrogens with one attached hydrogen (secondary N) is 1. The molecule has 0 radical (unpaired) electrons. The zero-order chi connectivity index (χ0) is 18.8. The van der Waals surface area contributed by atoms with E-state index < -0.39 is 35.6 Å². The normalized spacial score (nSPS) is 15.6. The Balaban J connectivity index is 2.16. The van der Waals surface area contributed by atoms with Crippen molar-refractivity contribution in [1.82, 2.24) is 4.98 Å². The molecule has 7 heteroatoms. The Morgan fingerprint density at radius 1 is 1.28 bits per heavy atom. The topological polar surface area (TPSA) is 126 Å². The molecule has 5 N–H and O–H groups in total. The molecule has 0 aliphatic heterocycles. The molecule has 1 aromatic heterocycles. The molecule has 136 valence electrons. The third-order valence-electron chi connectivity index (χ3n) is 3.84. The largest absolute Gasteiger partial charge is 0.481 e. The van der Waals surface area contributed by atoms with Gasteiger partial charge < -0.3 is 25.7 Å². The van der Waals surface area contributed by atoms with E-state index in [1.165, 1.54) is 0 Å². The van der Waals surface area contributed by atoms with Crippen molar-refractivity contribution >= 4 is 22.8 Å². The van der Waals surface area contributed by atoms with Gasteiger partial charge in [-0.2, -0.15) is 0 Å². The number of esters is 1. The second-order valence-corrected chi connectivity index (χ2v) is 7.07. The van der Waals surface area contributed by atoms with Gasteiger partial charge in [0.1, 0.15) is 5.60 Å². The Kier molecular flexibility index (Phi) is 5.49. The van der Waals surface area contributed by atoms with Gasteiger partial charge >= 0.3 is 11.9 Å². The van der Waals surface area contributed by atoms with E-state index in [1.54, 1.807) is 27.0 Å². The fourth-order valence-electron chi connectivity index (χ4n) is 2.67. The number of H-pyrrole nitrogens is 1. The molecule has 1 aromatic carbocycles. The molecule has 1 heterocycles. The maximum atomic E-state index is 12.1. The van der Waals surface area contributed by atoms with Crippen molar-refractivity contribution in [2.45, 2.75) is 44.9 Å². The molecule has 0 amide bonds. The van der Waals surface area contributed by atoms with Crippen LogP contribution in [0, 0.1) is 5.92 Å². The van der Waals surface area contributed by atoms with Crippen molar-refractivity contribution in [1.29, 1.82) is 0 Å². The van der Waals surface area contributed by atoms with E-state index in [4.69, 9.17) is 10.5 Å². The molecule has 2 aromatic rings. The molecule has 0 bridgehead atoms. The van der Waals surface area contributed by atoms with E-state index in [0.717, 1.165) is 16.5 Å². The van der Waals surface area contributed by atoms with Crippen molar-refractivity contribution in [3.05, 3.63) is 36.0 Å². The highest BCUT2D eigenvalue weighted by Gasteiger charge is 2.40. The second-order valence-electron chi connectivity index (χ2n) is 7.07. The molecule has 0 saturated carbocycles. The van der Waals surface area contributed by atoms with Crippen LogP contribution in [0.15, 0.2) is 30.5 Å². The first-order chi connectivity index (χ1) is 11.6. The summed E-state index contributed by atoms with van der Waals surface area (Å²) in [4.78, 5) is 26.7. The summed E-state index contributed by atoms with van der Waals surface area (Å²) in [7, 11) is 0. The molecule has 1 unspecified atom stereocenters. The summed E-state index contributed by atoms with van der Waals surface area (Å²) < 4.78 is 5.10. The minimum Gasteiger partial charge on any atom is -0.481 e. The van der Waals surface area contributed by atoms with Crippen molar-refractivity contribution in [2.24, 2.45) is 11.7 Å². The second kappa shape index (κ2) is 7.25. The van der Waals surface area contributed by atoms with Crippen LogP contribution in [0.3, 0.4) is 0 Å². The lowest BCUT2D eigenvalue weighted by Crippen LogP contribution is -2.49. The summed E-state index contributed by atoms with van der Waals surface area (Å²) in [5.74, 6) is -4.20.